The van der Waals surface area contributed by atoms with E-state index in [1.54, 1.807) is 13.0 Å². The standard InChI is InChI=1S/C35H64O8/c1-3-4-5-6-7-8-9-10-11-15-18-31(39)33-21-22-34(43-33)32(40)20-19-30(38)25-29(37)17-14-12-13-16-28(36)24-27-23-26(2)42-35(27)41/h23,26,28-34,36-40H,3-22,24-25H2,1-2H3/t26-,28+,29+,30+,31-,32+,33+,34+/m0/s1. The highest BCUT2D eigenvalue weighted by Crippen LogP contribution is 2.28. The first-order valence-corrected chi connectivity index (χ1v) is 17.7. The molecular formula is C35H64O8. The van der Waals surface area contributed by atoms with E-state index < -0.39 is 30.5 Å². The maximum Gasteiger partial charge on any atom is 0.334 e. The molecule has 252 valence electrons. The van der Waals surface area contributed by atoms with E-state index >= 15 is 0 Å². The van der Waals surface area contributed by atoms with Crippen LogP contribution in [0.4, 0.5) is 0 Å². The number of cyclic esters (lactones) is 1. The number of unbranched alkanes of at least 4 members (excludes halogenated alkanes) is 11. The summed E-state index contributed by atoms with van der Waals surface area (Å²) in [7, 11) is 0. The molecule has 0 aliphatic carbocycles. The second-order valence-corrected chi connectivity index (χ2v) is 13.3. The van der Waals surface area contributed by atoms with Crippen molar-refractivity contribution in [1.82, 2.24) is 0 Å². The number of ether oxygens (including phenoxy) is 2. The highest BCUT2D eigenvalue weighted by Gasteiger charge is 2.34. The summed E-state index contributed by atoms with van der Waals surface area (Å²) >= 11 is 0. The van der Waals surface area contributed by atoms with Crippen molar-refractivity contribution in [1.29, 1.82) is 0 Å². The number of hydrogen-bond acceptors (Lipinski definition) is 8. The minimum Gasteiger partial charge on any atom is -0.455 e. The Hall–Kier alpha value is -1.03. The van der Waals surface area contributed by atoms with Crippen LogP contribution in [0.3, 0.4) is 0 Å². The van der Waals surface area contributed by atoms with Crippen LogP contribution in [0, 0.1) is 0 Å². The van der Waals surface area contributed by atoms with Gasteiger partial charge in [-0.15, -0.1) is 0 Å². The van der Waals surface area contributed by atoms with Gasteiger partial charge < -0.3 is 35.0 Å². The number of aliphatic hydroxyl groups is 5. The summed E-state index contributed by atoms with van der Waals surface area (Å²) < 4.78 is 11.1. The van der Waals surface area contributed by atoms with Crippen LogP contribution < -0.4 is 0 Å². The maximum absolute atomic E-state index is 11.7. The number of carbonyl (C=O) groups is 1. The molecule has 8 atom stereocenters. The SMILES string of the molecule is CCCCCCCCCCCC[C@H](O)[C@H]1CC[C@H]([C@H](O)CC[C@@H](O)C[C@H](O)CCCCC[C@@H](O)CC2=C[C@H](C)OC2=O)O1. The third kappa shape index (κ3) is 16.7. The van der Waals surface area contributed by atoms with Crippen molar-refractivity contribution in [3.8, 4) is 0 Å². The smallest absolute Gasteiger partial charge is 0.334 e. The van der Waals surface area contributed by atoms with Crippen LogP contribution >= 0.6 is 0 Å². The Morgan fingerprint density at radius 1 is 0.674 bits per heavy atom. The van der Waals surface area contributed by atoms with Gasteiger partial charge >= 0.3 is 5.97 Å². The second-order valence-electron chi connectivity index (χ2n) is 13.3. The first-order valence-electron chi connectivity index (χ1n) is 17.7. The van der Waals surface area contributed by atoms with Gasteiger partial charge in [0.15, 0.2) is 0 Å². The number of aliphatic hydroxyl groups excluding tert-OH is 5. The predicted octanol–water partition coefficient (Wildman–Crippen LogP) is 6.03. The average molecular weight is 613 g/mol. The van der Waals surface area contributed by atoms with Gasteiger partial charge in [0.1, 0.15) is 6.10 Å². The lowest BCUT2D eigenvalue weighted by Crippen LogP contribution is -2.31. The van der Waals surface area contributed by atoms with E-state index in [-0.39, 0.29) is 30.7 Å². The van der Waals surface area contributed by atoms with Gasteiger partial charge in [-0.2, -0.15) is 0 Å². The minimum atomic E-state index is -0.688. The van der Waals surface area contributed by atoms with Gasteiger partial charge in [0, 0.05) is 12.0 Å². The topological polar surface area (TPSA) is 137 Å². The van der Waals surface area contributed by atoms with Crippen LogP contribution in [0.5, 0.6) is 0 Å². The van der Waals surface area contributed by atoms with E-state index in [0.717, 1.165) is 51.4 Å². The fraction of sp³-hybridized carbons (Fsp3) is 0.914. The molecular weight excluding hydrogens is 548 g/mol. The summed E-state index contributed by atoms with van der Waals surface area (Å²) in [5.41, 5.74) is 0.547. The Morgan fingerprint density at radius 2 is 1.16 bits per heavy atom. The van der Waals surface area contributed by atoms with E-state index in [9.17, 15) is 30.3 Å². The molecule has 0 spiro atoms. The van der Waals surface area contributed by atoms with Crippen molar-refractivity contribution in [3.63, 3.8) is 0 Å². The average Bonchev–Trinajstić information content (AvgIpc) is 3.58. The number of esters is 1. The maximum atomic E-state index is 11.7. The molecule has 2 aliphatic rings. The van der Waals surface area contributed by atoms with Gasteiger partial charge in [-0.3, -0.25) is 0 Å². The molecule has 0 aromatic heterocycles. The Labute approximate surface area is 261 Å². The van der Waals surface area contributed by atoms with Crippen LogP contribution in [0.2, 0.25) is 0 Å². The van der Waals surface area contributed by atoms with E-state index in [1.807, 2.05) is 0 Å². The molecule has 0 aromatic rings. The molecule has 5 N–H and O–H groups in total. The Kier molecular flexibility index (Phi) is 19.9. The van der Waals surface area contributed by atoms with Crippen LogP contribution in [0.25, 0.3) is 0 Å². The number of rotatable bonds is 26. The van der Waals surface area contributed by atoms with Crippen LogP contribution in [-0.2, 0) is 14.3 Å². The Balaban J connectivity index is 1.46. The molecule has 8 nitrogen and oxygen atoms in total. The summed E-state index contributed by atoms with van der Waals surface area (Å²) in [6.07, 6.45) is 17.9. The molecule has 0 aromatic carbocycles. The zero-order chi connectivity index (χ0) is 31.5. The van der Waals surface area contributed by atoms with E-state index in [0.29, 0.717) is 37.7 Å². The molecule has 2 rings (SSSR count). The van der Waals surface area contributed by atoms with Crippen LogP contribution in [0.1, 0.15) is 155 Å². The molecule has 2 aliphatic heterocycles. The lowest BCUT2D eigenvalue weighted by molar-refractivity contribution is -0.139. The summed E-state index contributed by atoms with van der Waals surface area (Å²) in [5.74, 6) is -0.339. The van der Waals surface area contributed by atoms with Crippen LogP contribution in [0.15, 0.2) is 11.6 Å². The number of hydrogen-bond donors (Lipinski definition) is 5. The van der Waals surface area contributed by atoms with Crippen molar-refractivity contribution in [2.75, 3.05) is 0 Å². The monoisotopic (exact) mass is 612 g/mol. The highest BCUT2D eigenvalue weighted by atomic mass is 16.5. The van der Waals surface area contributed by atoms with Crippen molar-refractivity contribution in [2.24, 2.45) is 0 Å². The third-order valence-corrected chi connectivity index (χ3v) is 9.16. The molecule has 1 fully saturated rings. The van der Waals surface area contributed by atoms with Crippen molar-refractivity contribution >= 4 is 5.97 Å². The zero-order valence-electron chi connectivity index (χ0n) is 27.2. The van der Waals surface area contributed by atoms with Gasteiger partial charge in [-0.05, 0) is 64.4 Å². The summed E-state index contributed by atoms with van der Waals surface area (Å²) in [4.78, 5) is 11.7. The largest absolute Gasteiger partial charge is 0.455 e. The van der Waals surface area contributed by atoms with Crippen molar-refractivity contribution < 1.29 is 39.8 Å². The quantitative estimate of drug-likeness (QED) is 0.0590. The predicted molar refractivity (Wildman–Crippen MR) is 170 cm³/mol. The van der Waals surface area contributed by atoms with E-state index in [1.165, 1.54) is 51.4 Å². The Morgan fingerprint density at radius 3 is 1.74 bits per heavy atom. The first kappa shape index (κ1) is 38.2. The van der Waals surface area contributed by atoms with Crippen LogP contribution in [-0.4, -0.2) is 80.3 Å². The lowest BCUT2D eigenvalue weighted by Gasteiger charge is -2.23. The molecule has 0 saturated carbocycles. The lowest BCUT2D eigenvalue weighted by atomic mass is 9.97. The summed E-state index contributed by atoms with van der Waals surface area (Å²) in [6, 6.07) is 0. The van der Waals surface area contributed by atoms with E-state index in [2.05, 4.69) is 6.92 Å². The molecule has 0 unspecified atom stereocenters. The highest BCUT2D eigenvalue weighted by molar-refractivity contribution is 5.90. The fourth-order valence-corrected chi connectivity index (χ4v) is 6.45. The van der Waals surface area contributed by atoms with E-state index in [4.69, 9.17) is 9.47 Å². The number of carbonyl (C=O) groups excluding carboxylic acids is 1. The summed E-state index contributed by atoms with van der Waals surface area (Å²) in [5, 5.41) is 52.1. The summed E-state index contributed by atoms with van der Waals surface area (Å²) in [6.45, 7) is 4.04. The molecule has 0 bridgehead atoms. The van der Waals surface area contributed by atoms with Gasteiger partial charge in [-0.25, -0.2) is 4.79 Å². The first-order chi connectivity index (χ1) is 20.7. The zero-order valence-corrected chi connectivity index (χ0v) is 27.2. The molecule has 43 heavy (non-hydrogen) atoms. The molecule has 0 amide bonds. The minimum absolute atomic E-state index is 0.217. The van der Waals surface area contributed by atoms with Crippen molar-refractivity contribution in [2.45, 2.75) is 204 Å². The van der Waals surface area contributed by atoms with Gasteiger partial charge in [0.2, 0.25) is 0 Å². The molecule has 2 heterocycles. The Bertz CT molecular complexity index is 758. The molecule has 8 heteroatoms. The third-order valence-electron chi connectivity index (χ3n) is 9.16. The molecule has 1 saturated heterocycles. The second kappa shape index (κ2) is 22.5. The van der Waals surface area contributed by atoms with Gasteiger partial charge in [-0.1, -0.05) is 90.4 Å². The molecule has 0 radical (unpaired) electrons. The van der Waals surface area contributed by atoms with Crippen molar-refractivity contribution in [3.05, 3.63) is 11.6 Å². The fourth-order valence-electron chi connectivity index (χ4n) is 6.45. The van der Waals surface area contributed by atoms with Gasteiger partial charge in [0.05, 0.1) is 42.7 Å². The van der Waals surface area contributed by atoms with Gasteiger partial charge in [0.25, 0.3) is 0 Å². The normalized spacial score (nSPS) is 24.0.